The van der Waals surface area contributed by atoms with Crippen molar-refractivity contribution in [2.24, 2.45) is 5.92 Å². The number of hydrogen-bond acceptors (Lipinski definition) is 6. The maximum atomic E-state index is 12.2. The van der Waals surface area contributed by atoms with Gasteiger partial charge < -0.3 is 9.88 Å². The molecule has 1 amide bonds. The second-order valence-electron chi connectivity index (χ2n) is 9.03. The summed E-state index contributed by atoms with van der Waals surface area (Å²) in [6, 6.07) is 20.2. The molecular formula is C27H28N8O. The molecular weight excluding hydrogens is 452 g/mol. The average Bonchev–Trinajstić information content (AvgIpc) is 3.54. The summed E-state index contributed by atoms with van der Waals surface area (Å²) in [5, 5.41) is 17.4. The fraction of sp³-hybridized carbons (Fsp3) is 0.259. The second-order valence-corrected chi connectivity index (χ2v) is 9.03. The number of nitrogens with zero attached hydrogens (tertiary/aromatic N) is 6. The van der Waals surface area contributed by atoms with Crippen LogP contribution in [-0.2, 0) is 17.8 Å². The Morgan fingerprint density at radius 2 is 1.78 bits per heavy atom. The van der Waals surface area contributed by atoms with E-state index in [9.17, 15) is 4.79 Å². The van der Waals surface area contributed by atoms with Crippen molar-refractivity contribution in [1.29, 1.82) is 0 Å². The Kier molecular flexibility index (Phi) is 6.53. The van der Waals surface area contributed by atoms with Crippen molar-refractivity contribution in [3.8, 4) is 22.5 Å². The smallest absolute Gasteiger partial charge is 0.228 e. The van der Waals surface area contributed by atoms with Crippen LogP contribution in [-0.4, -0.2) is 41.1 Å². The highest BCUT2D eigenvalue weighted by atomic mass is 16.1. The lowest BCUT2D eigenvalue weighted by atomic mass is 9.98. The van der Waals surface area contributed by atoms with Crippen molar-refractivity contribution in [2.75, 3.05) is 5.32 Å². The lowest BCUT2D eigenvalue weighted by Gasteiger charge is -2.11. The van der Waals surface area contributed by atoms with Gasteiger partial charge in [-0.2, -0.15) is 5.21 Å². The third-order valence-electron chi connectivity index (χ3n) is 6.04. The SMILES string of the molecule is CCCc1nc2ccc(NC(=O)C(C)C)nc2n1Cc1ccc(-c2ccccc2-c2nn[nH]n2)cc1. The highest BCUT2D eigenvalue weighted by molar-refractivity contribution is 5.92. The Labute approximate surface area is 209 Å². The number of nitrogens with one attached hydrogen (secondary N) is 2. The molecule has 9 heteroatoms. The van der Waals surface area contributed by atoms with Gasteiger partial charge in [0.1, 0.15) is 17.2 Å². The summed E-state index contributed by atoms with van der Waals surface area (Å²) in [5.74, 6) is 1.91. The van der Waals surface area contributed by atoms with Gasteiger partial charge in [0.15, 0.2) is 5.65 Å². The number of aryl methyl sites for hydroxylation is 1. The number of carbonyl (C=O) groups is 1. The summed E-state index contributed by atoms with van der Waals surface area (Å²) >= 11 is 0. The lowest BCUT2D eigenvalue weighted by Crippen LogP contribution is -2.18. The maximum absolute atomic E-state index is 12.2. The molecule has 0 unspecified atom stereocenters. The van der Waals surface area contributed by atoms with Crippen LogP contribution in [0.1, 0.15) is 38.6 Å². The number of pyridine rings is 1. The fourth-order valence-electron chi connectivity index (χ4n) is 4.15. The molecule has 0 saturated heterocycles. The summed E-state index contributed by atoms with van der Waals surface area (Å²) in [7, 11) is 0. The van der Waals surface area contributed by atoms with Crippen LogP contribution in [0.25, 0.3) is 33.7 Å². The molecule has 0 bridgehead atoms. The Hall–Kier alpha value is -4.40. The summed E-state index contributed by atoms with van der Waals surface area (Å²) in [4.78, 5) is 21.8. The van der Waals surface area contributed by atoms with Crippen molar-refractivity contribution in [2.45, 2.75) is 40.2 Å². The zero-order chi connectivity index (χ0) is 25.1. The molecule has 9 nitrogen and oxygen atoms in total. The van der Waals surface area contributed by atoms with Gasteiger partial charge in [0, 0.05) is 17.9 Å². The number of tetrazole rings is 1. The molecule has 36 heavy (non-hydrogen) atoms. The molecule has 0 aliphatic heterocycles. The van der Waals surface area contributed by atoms with Crippen molar-refractivity contribution in [3.05, 3.63) is 72.1 Å². The zero-order valence-corrected chi connectivity index (χ0v) is 20.6. The van der Waals surface area contributed by atoms with Crippen LogP contribution in [0.2, 0.25) is 0 Å². The van der Waals surface area contributed by atoms with Gasteiger partial charge in [0.05, 0.1) is 6.54 Å². The van der Waals surface area contributed by atoms with Gasteiger partial charge in [-0.25, -0.2) is 9.97 Å². The number of anilines is 1. The third-order valence-corrected chi connectivity index (χ3v) is 6.04. The molecule has 0 atom stereocenters. The highest BCUT2D eigenvalue weighted by Gasteiger charge is 2.15. The maximum Gasteiger partial charge on any atom is 0.228 e. The molecule has 5 aromatic rings. The zero-order valence-electron chi connectivity index (χ0n) is 20.6. The van der Waals surface area contributed by atoms with E-state index in [1.165, 1.54) is 0 Å². The highest BCUT2D eigenvalue weighted by Crippen LogP contribution is 2.30. The van der Waals surface area contributed by atoms with E-state index in [2.05, 4.69) is 67.8 Å². The molecule has 3 aromatic heterocycles. The van der Waals surface area contributed by atoms with Crippen LogP contribution in [0.3, 0.4) is 0 Å². The predicted octanol–water partition coefficient (Wildman–Crippen LogP) is 4.87. The topological polar surface area (TPSA) is 114 Å². The predicted molar refractivity (Wildman–Crippen MR) is 139 cm³/mol. The van der Waals surface area contributed by atoms with E-state index in [0.717, 1.165) is 52.1 Å². The minimum atomic E-state index is -0.119. The first-order valence-electron chi connectivity index (χ1n) is 12.1. The number of rotatable bonds is 8. The van der Waals surface area contributed by atoms with Gasteiger partial charge in [-0.1, -0.05) is 69.3 Å². The van der Waals surface area contributed by atoms with E-state index >= 15 is 0 Å². The van der Waals surface area contributed by atoms with Gasteiger partial charge in [-0.15, -0.1) is 10.2 Å². The standard InChI is InChI=1S/C27H28N8O/c1-4-7-24-28-22-14-15-23(30-27(36)17(2)3)29-26(22)35(24)16-18-10-12-19(13-11-18)20-8-5-6-9-21(20)25-31-33-34-32-25/h5-6,8-15,17H,4,7,16H2,1-3H3,(H,29,30,36)(H,31,32,33,34). The summed E-state index contributed by atoms with van der Waals surface area (Å²) in [5.41, 5.74) is 5.76. The van der Waals surface area contributed by atoms with Crippen LogP contribution < -0.4 is 5.32 Å². The van der Waals surface area contributed by atoms with Crippen molar-refractivity contribution < 1.29 is 4.79 Å². The van der Waals surface area contributed by atoms with Crippen molar-refractivity contribution >= 4 is 22.9 Å². The summed E-state index contributed by atoms with van der Waals surface area (Å²) in [6.07, 6.45) is 1.83. The number of aromatic nitrogens is 7. The molecule has 3 heterocycles. The third kappa shape index (κ3) is 4.72. The second kappa shape index (κ2) is 10.1. The van der Waals surface area contributed by atoms with Crippen LogP contribution in [0.15, 0.2) is 60.7 Å². The van der Waals surface area contributed by atoms with Gasteiger partial charge in [0.25, 0.3) is 0 Å². The first-order valence-corrected chi connectivity index (χ1v) is 12.1. The van der Waals surface area contributed by atoms with E-state index in [1.807, 2.05) is 44.2 Å². The van der Waals surface area contributed by atoms with Crippen LogP contribution >= 0.6 is 0 Å². The normalized spacial score (nSPS) is 11.3. The molecule has 2 N–H and O–H groups in total. The Bertz CT molecular complexity index is 1490. The first-order chi connectivity index (χ1) is 17.5. The summed E-state index contributed by atoms with van der Waals surface area (Å²) < 4.78 is 2.14. The largest absolute Gasteiger partial charge is 0.310 e. The Balaban J connectivity index is 1.46. The molecule has 0 spiro atoms. The number of imidazole rings is 1. The summed E-state index contributed by atoms with van der Waals surface area (Å²) in [6.45, 7) is 6.50. The van der Waals surface area contributed by atoms with E-state index in [4.69, 9.17) is 9.97 Å². The van der Waals surface area contributed by atoms with E-state index in [1.54, 1.807) is 0 Å². The van der Waals surface area contributed by atoms with E-state index in [-0.39, 0.29) is 11.8 Å². The van der Waals surface area contributed by atoms with Crippen LogP contribution in [0.4, 0.5) is 5.82 Å². The molecule has 5 rings (SSSR count). The molecule has 0 fully saturated rings. The van der Waals surface area contributed by atoms with Gasteiger partial charge >= 0.3 is 0 Å². The number of aromatic amines is 1. The number of benzene rings is 2. The van der Waals surface area contributed by atoms with Gasteiger partial charge in [0.2, 0.25) is 11.7 Å². The molecule has 0 radical (unpaired) electrons. The van der Waals surface area contributed by atoms with Crippen LogP contribution in [0.5, 0.6) is 0 Å². The Morgan fingerprint density at radius 1 is 1.00 bits per heavy atom. The number of hydrogen-bond donors (Lipinski definition) is 2. The number of amides is 1. The van der Waals surface area contributed by atoms with Crippen molar-refractivity contribution in [1.82, 2.24) is 35.2 Å². The van der Waals surface area contributed by atoms with Gasteiger partial charge in [-0.05, 0) is 40.5 Å². The number of H-pyrrole nitrogens is 1. The van der Waals surface area contributed by atoms with E-state index in [0.29, 0.717) is 18.2 Å². The minimum absolute atomic E-state index is 0.0570. The van der Waals surface area contributed by atoms with Crippen LogP contribution in [0, 0.1) is 5.92 Å². The number of fused-ring (bicyclic) bond motifs is 1. The molecule has 0 saturated carbocycles. The fourth-order valence-corrected chi connectivity index (χ4v) is 4.15. The molecule has 182 valence electrons. The first kappa shape index (κ1) is 23.3. The molecule has 2 aromatic carbocycles. The lowest BCUT2D eigenvalue weighted by molar-refractivity contribution is -0.118. The molecule has 0 aliphatic rings. The Morgan fingerprint density at radius 3 is 2.47 bits per heavy atom. The van der Waals surface area contributed by atoms with E-state index < -0.39 is 0 Å². The quantitative estimate of drug-likeness (QED) is 0.327. The number of carbonyl (C=O) groups excluding carboxylic acids is 1. The monoisotopic (exact) mass is 480 g/mol. The minimum Gasteiger partial charge on any atom is -0.310 e. The van der Waals surface area contributed by atoms with Gasteiger partial charge in [-0.3, -0.25) is 4.79 Å². The molecule has 0 aliphatic carbocycles. The van der Waals surface area contributed by atoms with Crippen molar-refractivity contribution in [3.63, 3.8) is 0 Å². The average molecular weight is 481 g/mol.